The Morgan fingerprint density at radius 2 is 0.857 bits per heavy atom. The average Bonchev–Trinajstić information content (AvgIpc) is 2.55. The van der Waals surface area contributed by atoms with Gasteiger partial charge in [-0.3, -0.25) is 38.5 Å². The Kier molecular flexibility index (Phi) is 11.2. The van der Waals surface area contributed by atoms with Crippen molar-refractivity contribution in [1.29, 1.82) is 0 Å². The van der Waals surface area contributed by atoms with Crippen LogP contribution >= 0.6 is 8.03 Å². The van der Waals surface area contributed by atoms with Gasteiger partial charge in [0, 0.05) is 52.4 Å². The summed E-state index contributed by atoms with van der Waals surface area (Å²) in [6, 6.07) is 0. The molecule has 28 heavy (non-hydrogen) atoms. The summed E-state index contributed by atoms with van der Waals surface area (Å²) in [5.74, 6) is -3.03. The second kappa shape index (κ2) is 12.8. The standard InChI is InChI=1S/C15H29N4O8P/c20-13(21)9-16-1-3-17(10-14(22)23)5-7-19(12-28(26)27)8-6-18(4-2-16)11-15(24)25/h28H,1-12H2,(H,20,21)(H,22,23)(H,24,25)(H,26,27). The molecule has 1 saturated heterocycles. The maximum atomic E-state index is 11.3. The van der Waals surface area contributed by atoms with Crippen molar-refractivity contribution in [2.75, 3.05) is 78.3 Å². The summed E-state index contributed by atoms with van der Waals surface area (Å²) in [7, 11) is -2.77. The van der Waals surface area contributed by atoms with E-state index in [9.17, 15) is 23.8 Å². The monoisotopic (exact) mass is 424 g/mol. The topological polar surface area (TPSA) is 162 Å². The summed E-state index contributed by atoms with van der Waals surface area (Å²) in [6.07, 6.45) is -0.0440. The Morgan fingerprint density at radius 3 is 1.07 bits per heavy atom. The van der Waals surface area contributed by atoms with Crippen molar-refractivity contribution in [3.8, 4) is 0 Å². The minimum atomic E-state index is -2.77. The van der Waals surface area contributed by atoms with Crippen LogP contribution in [0.25, 0.3) is 0 Å². The Bertz CT molecular complexity index is 452. The lowest BCUT2D eigenvalue weighted by atomic mass is 10.3. The van der Waals surface area contributed by atoms with Crippen LogP contribution in [-0.2, 0) is 18.9 Å². The minimum absolute atomic E-state index is 0.0440. The number of carboxylic acids is 3. The quantitative estimate of drug-likeness (QED) is 0.314. The first-order valence-electron chi connectivity index (χ1n) is 8.92. The fraction of sp³-hybridized carbons (Fsp3) is 0.800. The van der Waals surface area contributed by atoms with Gasteiger partial charge < -0.3 is 20.2 Å². The van der Waals surface area contributed by atoms with E-state index in [4.69, 9.17) is 15.3 Å². The molecule has 1 rings (SSSR count). The molecule has 0 spiro atoms. The zero-order valence-electron chi connectivity index (χ0n) is 15.7. The van der Waals surface area contributed by atoms with E-state index >= 15 is 0 Å². The highest BCUT2D eigenvalue weighted by Crippen LogP contribution is 2.15. The van der Waals surface area contributed by atoms with E-state index in [1.54, 1.807) is 19.6 Å². The van der Waals surface area contributed by atoms with Crippen LogP contribution < -0.4 is 0 Å². The Hall–Kier alpha value is -1.56. The first-order chi connectivity index (χ1) is 13.2. The molecule has 1 heterocycles. The number of carboxylic acid groups (broad SMARTS) is 3. The van der Waals surface area contributed by atoms with Crippen molar-refractivity contribution in [2.24, 2.45) is 0 Å². The lowest BCUT2D eigenvalue weighted by Gasteiger charge is -2.32. The zero-order valence-corrected chi connectivity index (χ0v) is 16.7. The van der Waals surface area contributed by atoms with Crippen LogP contribution in [-0.4, -0.2) is 136 Å². The van der Waals surface area contributed by atoms with Crippen LogP contribution in [0.3, 0.4) is 0 Å². The van der Waals surface area contributed by atoms with Gasteiger partial charge in [-0.2, -0.15) is 0 Å². The molecule has 1 fully saturated rings. The average molecular weight is 424 g/mol. The van der Waals surface area contributed by atoms with E-state index in [0.717, 1.165) is 0 Å². The van der Waals surface area contributed by atoms with Gasteiger partial charge in [0.15, 0.2) is 0 Å². The van der Waals surface area contributed by atoms with E-state index in [-0.39, 0.29) is 25.9 Å². The van der Waals surface area contributed by atoms with Crippen molar-refractivity contribution >= 4 is 25.9 Å². The smallest absolute Gasteiger partial charge is 0.317 e. The molecule has 0 aliphatic carbocycles. The molecule has 0 bridgehead atoms. The lowest BCUT2D eigenvalue weighted by Crippen LogP contribution is -2.48. The largest absolute Gasteiger partial charge is 0.480 e. The number of hydrogen-bond donors (Lipinski definition) is 4. The number of hydrogen-bond acceptors (Lipinski definition) is 8. The zero-order chi connectivity index (χ0) is 21.1. The first kappa shape index (κ1) is 24.5. The molecule has 1 aliphatic rings. The molecule has 0 amide bonds. The third-order valence-electron chi connectivity index (χ3n) is 4.37. The summed E-state index contributed by atoms with van der Waals surface area (Å²) in [5, 5.41) is 27.3. The predicted molar refractivity (Wildman–Crippen MR) is 99.9 cm³/mol. The summed E-state index contributed by atoms with van der Waals surface area (Å²) < 4.78 is 11.3. The van der Waals surface area contributed by atoms with E-state index < -0.39 is 25.9 Å². The van der Waals surface area contributed by atoms with Gasteiger partial charge in [-0.1, -0.05) is 0 Å². The molecule has 13 heteroatoms. The number of nitrogens with zero attached hydrogens (tertiary/aromatic N) is 4. The molecule has 12 nitrogen and oxygen atoms in total. The molecule has 0 saturated carbocycles. The number of aliphatic carboxylic acids is 3. The molecule has 0 aromatic carbocycles. The summed E-state index contributed by atoms with van der Waals surface area (Å²) >= 11 is 0. The molecule has 0 aromatic heterocycles. The van der Waals surface area contributed by atoms with Crippen molar-refractivity contribution in [3.05, 3.63) is 0 Å². The molecule has 1 aliphatic heterocycles. The fourth-order valence-electron chi connectivity index (χ4n) is 2.98. The van der Waals surface area contributed by atoms with E-state index in [1.807, 2.05) is 0 Å². The van der Waals surface area contributed by atoms with Crippen LogP contribution in [0.4, 0.5) is 0 Å². The van der Waals surface area contributed by atoms with E-state index in [2.05, 4.69) is 0 Å². The third kappa shape index (κ3) is 11.3. The van der Waals surface area contributed by atoms with Crippen LogP contribution in [0.2, 0.25) is 0 Å². The van der Waals surface area contributed by atoms with Crippen molar-refractivity contribution < 1.29 is 39.2 Å². The minimum Gasteiger partial charge on any atom is -0.480 e. The molecule has 0 radical (unpaired) electrons. The summed E-state index contributed by atoms with van der Waals surface area (Å²) in [4.78, 5) is 49.2. The molecular weight excluding hydrogens is 395 g/mol. The van der Waals surface area contributed by atoms with Gasteiger partial charge in [0.1, 0.15) is 0 Å². The summed E-state index contributed by atoms with van der Waals surface area (Å²) in [5.41, 5.74) is 0. The second-order valence-electron chi connectivity index (χ2n) is 6.68. The van der Waals surface area contributed by atoms with E-state index in [1.165, 1.54) is 0 Å². The molecule has 1 unspecified atom stereocenters. The van der Waals surface area contributed by atoms with Crippen molar-refractivity contribution in [1.82, 2.24) is 19.6 Å². The van der Waals surface area contributed by atoms with Gasteiger partial charge in [0.2, 0.25) is 8.03 Å². The molecule has 4 N–H and O–H groups in total. The SMILES string of the molecule is O=C(O)CN1CCN(CC(=O)O)CCN(C[PH](=O)O)CCN(CC(=O)O)CC1. The molecule has 0 aromatic rings. The van der Waals surface area contributed by atoms with Crippen molar-refractivity contribution in [2.45, 2.75) is 0 Å². The van der Waals surface area contributed by atoms with Gasteiger partial charge in [0.25, 0.3) is 0 Å². The normalized spacial score (nSPS) is 20.8. The Morgan fingerprint density at radius 1 is 0.607 bits per heavy atom. The van der Waals surface area contributed by atoms with Crippen LogP contribution in [0.1, 0.15) is 0 Å². The highest BCUT2D eigenvalue weighted by Gasteiger charge is 2.20. The van der Waals surface area contributed by atoms with Gasteiger partial charge in [-0.05, 0) is 0 Å². The van der Waals surface area contributed by atoms with Gasteiger partial charge in [-0.15, -0.1) is 0 Å². The number of rotatable bonds is 8. The first-order valence-corrected chi connectivity index (χ1v) is 10.5. The maximum Gasteiger partial charge on any atom is 0.317 e. The Balaban J connectivity index is 2.90. The number of carbonyl (C=O) groups is 3. The molecule has 1 atom stereocenters. The maximum absolute atomic E-state index is 11.3. The predicted octanol–water partition coefficient (Wildman–Crippen LogP) is -2.11. The van der Waals surface area contributed by atoms with Gasteiger partial charge in [0.05, 0.1) is 25.9 Å². The Labute approximate surface area is 163 Å². The fourth-order valence-corrected chi connectivity index (χ4v) is 3.67. The van der Waals surface area contributed by atoms with E-state index in [0.29, 0.717) is 52.4 Å². The molecular formula is C15H29N4O8P. The molecule has 162 valence electrons. The highest BCUT2D eigenvalue weighted by molar-refractivity contribution is 7.37. The van der Waals surface area contributed by atoms with Gasteiger partial charge in [-0.25, -0.2) is 0 Å². The van der Waals surface area contributed by atoms with Crippen LogP contribution in [0, 0.1) is 0 Å². The van der Waals surface area contributed by atoms with Crippen LogP contribution in [0.5, 0.6) is 0 Å². The third-order valence-corrected chi connectivity index (χ3v) is 5.08. The summed E-state index contributed by atoms with van der Waals surface area (Å²) in [6.45, 7) is 2.00. The highest BCUT2D eigenvalue weighted by atomic mass is 31.1. The second-order valence-corrected chi connectivity index (χ2v) is 7.78. The van der Waals surface area contributed by atoms with Gasteiger partial charge >= 0.3 is 17.9 Å². The lowest BCUT2D eigenvalue weighted by molar-refractivity contribution is -0.140. The van der Waals surface area contributed by atoms with Crippen LogP contribution in [0.15, 0.2) is 0 Å². The van der Waals surface area contributed by atoms with Crippen molar-refractivity contribution in [3.63, 3.8) is 0 Å².